The van der Waals surface area contributed by atoms with Gasteiger partial charge in [0.05, 0.1) is 23.2 Å². The molecule has 0 saturated heterocycles. The van der Waals surface area contributed by atoms with Crippen LogP contribution in [0.15, 0.2) is 59.7 Å². The molecule has 31 heavy (non-hydrogen) atoms. The molecule has 0 unspecified atom stereocenters. The van der Waals surface area contributed by atoms with Crippen LogP contribution in [-0.4, -0.2) is 21.9 Å². The van der Waals surface area contributed by atoms with Crippen molar-refractivity contribution in [3.63, 3.8) is 0 Å². The number of carbonyl (C=O) groups is 1. The summed E-state index contributed by atoms with van der Waals surface area (Å²) < 4.78 is 1.66. The zero-order valence-corrected chi connectivity index (χ0v) is 19.0. The molecule has 5 nitrogen and oxygen atoms in total. The topological polar surface area (TPSA) is 59.3 Å². The molecule has 0 radical (unpaired) electrons. The van der Waals surface area contributed by atoms with Crippen molar-refractivity contribution in [1.29, 1.82) is 0 Å². The van der Waals surface area contributed by atoms with Crippen LogP contribution < -0.4 is 5.43 Å². The highest BCUT2D eigenvalue weighted by atomic mass is 35.5. The normalized spacial score (nSPS) is 18.4. The van der Waals surface area contributed by atoms with Crippen molar-refractivity contribution in [3.8, 4) is 5.69 Å². The minimum atomic E-state index is -0.0645. The first-order chi connectivity index (χ1) is 14.8. The maximum Gasteiger partial charge on any atom is 0.243 e. The zero-order chi connectivity index (χ0) is 22.2. The number of aryl methyl sites for hydroxylation is 1. The summed E-state index contributed by atoms with van der Waals surface area (Å²) >= 11 is 6.50. The Labute approximate surface area is 188 Å². The monoisotopic (exact) mass is 434 g/mol. The zero-order valence-electron chi connectivity index (χ0n) is 18.3. The van der Waals surface area contributed by atoms with Gasteiger partial charge in [-0.1, -0.05) is 74.8 Å². The van der Waals surface area contributed by atoms with Crippen LogP contribution >= 0.6 is 11.6 Å². The minimum absolute atomic E-state index is 0.0405. The predicted molar refractivity (Wildman–Crippen MR) is 125 cm³/mol. The smallest absolute Gasteiger partial charge is 0.243 e. The Morgan fingerprint density at radius 3 is 2.48 bits per heavy atom. The van der Waals surface area contributed by atoms with E-state index in [0.717, 1.165) is 17.8 Å². The summed E-state index contributed by atoms with van der Waals surface area (Å²) in [5, 5.41) is 9.09. The largest absolute Gasteiger partial charge is 0.273 e. The average Bonchev–Trinajstić information content (AvgIpc) is 3.50. The molecule has 1 aromatic heterocycles. The first-order valence-electron chi connectivity index (χ1n) is 10.5. The van der Waals surface area contributed by atoms with E-state index in [1.165, 1.54) is 11.1 Å². The maximum atomic E-state index is 12.5. The Hall–Kier alpha value is -2.92. The third-order valence-corrected chi connectivity index (χ3v) is 6.11. The Kier molecular flexibility index (Phi) is 5.71. The van der Waals surface area contributed by atoms with E-state index in [1.807, 2.05) is 37.3 Å². The fourth-order valence-electron chi connectivity index (χ4n) is 3.72. The first-order valence-corrected chi connectivity index (χ1v) is 10.9. The van der Waals surface area contributed by atoms with Crippen molar-refractivity contribution >= 4 is 23.7 Å². The molecule has 2 atom stereocenters. The Balaban J connectivity index is 1.38. The fourth-order valence-corrected chi connectivity index (χ4v) is 4.05. The van der Waals surface area contributed by atoms with Gasteiger partial charge in [-0.2, -0.15) is 10.2 Å². The molecule has 1 amide bonds. The number of aromatic nitrogens is 2. The van der Waals surface area contributed by atoms with Crippen molar-refractivity contribution < 1.29 is 4.79 Å². The van der Waals surface area contributed by atoms with Gasteiger partial charge in [0.25, 0.3) is 0 Å². The highest BCUT2D eigenvalue weighted by Crippen LogP contribution is 2.47. The van der Waals surface area contributed by atoms with Crippen molar-refractivity contribution in [3.05, 3.63) is 82.1 Å². The van der Waals surface area contributed by atoms with Gasteiger partial charge in [0.15, 0.2) is 0 Å². The number of carbonyl (C=O) groups excluding carboxylic acids is 1. The van der Waals surface area contributed by atoms with Crippen LogP contribution in [0, 0.1) is 12.8 Å². The molecule has 4 rings (SSSR count). The summed E-state index contributed by atoms with van der Waals surface area (Å²) in [5.74, 6) is 0.155. The molecule has 1 N–H and O–H groups in total. The number of hydrogen-bond acceptors (Lipinski definition) is 3. The lowest BCUT2D eigenvalue weighted by molar-refractivity contribution is -0.122. The number of para-hydroxylation sites is 1. The number of nitrogens with one attached hydrogen (secondary N) is 1. The van der Waals surface area contributed by atoms with E-state index >= 15 is 0 Å². The standard InChI is InChI=1S/C25H27ClN4O/c1-16-22(23(26)30(29-16)19-8-6-5-7-9-19)15-27-28-24(31)21-14-20(21)17-10-12-18(13-11-17)25(2,3)4/h5-13,15,20-21H,14H2,1-4H3,(H,28,31)/b27-15-/t20-,21+/m0/s1. The summed E-state index contributed by atoms with van der Waals surface area (Å²) in [4.78, 5) is 12.5. The summed E-state index contributed by atoms with van der Waals surface area (Å²) in [5.41, 5.74) is 7.61. The van der Waals surface area contributed by atoms with E-state index in [1.54, 1.807) is 10.9 Å². The van der Waals surface area contributed by atoms with Crippen molar-refractivity contribution in [2.24, 2.45) is 11.0 Å². The van der Waals surface area contributed by atoms with Crippen molar-refractivity contribution in [2.75, 3.05) is 0 Å². The third kappa shape index (κ3) is 4.57. The molecule has 6 heteroatoms. The Morgan fingerprint density at radius 1 is 1.16 bits per heavy atom. The summed E-state index contributed by atoms with van der Waals surface area (Å²) in [7, 11) is 0. The second kappa shape index (κ2) is 8.31. The molecule has 0 bridgehead atoms. The molecule has 0 spiro atoms. The first kappa shape index (κ1) is 21.3. The molecule has 160 valence electrons. The van der Waals surface area contributed by atoms with E-state index in [2.05, 4.69) is 60.7 Å². The van der Waals surface area contributed by atoms with Gasteiger partial charge < -0.3 is 0 Å². The lowest BCUT2D eigenvalue weighted by atomic mass is 9.86. The summed E-state index contributed by atoms with van der Waals surface area (Å²) in [6, 6.07) is 18.3. The van der Waals surface area contributed by atoms with Crippen LogP contribution in [0.25, 0.3) is 5.69 Å². The van der Waals surface area contributed by atoms with Crippen LogP contribution in [0.3, 0.4) is 0 Å². The van der Waals surface area contributed by atoms with Crippen LogP contribution in [0.2, 0.25) is 5.15 Å². The van der Waals surface area contributed by atoms with E-state index < -0.39 is 0 Å². The average molecular weight is 435 g/mol. The quantitative estimate of drug-likeness (QED) is 0.432. The van der Waals surface area contributed by atoms with E-state index in [0.29, 0.717) is 10.7 Å². The molecule has 1 aliphatic rings. The second-order valence-electron chi connectivity index (χ2n) is 9.09. The number of rotatable bonds is 5. The molecule has 1 heterocycles. The number of nitrogens with zero attached hydrogens (tertiary/aromatic N) is 3. The van der Waals surface area contributed by atoms with Gasteiger partial charge in [-0.05, 0) is 47.9 Å². The Bertz CT molecular complexity index is 1110. The van der Waals surface area contributed by atoms with Gasteiger partial charge >= 0.3 is 0 Å². The van der Waals surface area contributed by atoms with Gasteiger partial charge in [-0.25, -0.2) is 10.1 Å². The van der Waals surface area contributed by atoms with Gasteiger partial charge in [0.2, 0.25) is 5.91 Å². The third-order valence-electron chi connectivity index (χ3n) is 5.75. The van der Waals surface area contributed by atoms with Gasteiger partial charge in [0, 0.05) is 5.92 Å². The maximum absolute atomic E-state index is 12.5. The molecule has 0 aliphatic heterocycles. The highest BCUT2D eigenvalue weighted by molar-refractivity contribution is 6.32. The molecule has 1 aliphatic carbocycles. The van der Waals surface area contributed by atoms with Gasteiger partial charge in [-0.15, -0.1) is 0 Å². The molecular weight excluding hydrogens is 408 g/mol. The molecule has 1 saturated carbocycles. The number of amides is 1. The molecule has 1 fully saturated rings. The SMILES string of the molecule is Cc1nn(-c2ccccc2)c(Cl)c1/C=N\NC(=O)[C@@H]1C[C@H]1c1ccc(C(C)(C)C)cc1. The van der Waals surface area contributed by atoms with E-state index in [-0.39, 0.29) is 23.2 Å². The number of hydrazone groups is 1. The van der Waals surface area contributed by atoms with Crippen LogP contribution in [0.4, 0.5) is 0 Å². The minimum Gasteiger partial charge on any atom is -0.273 e. The lowest BCUT2D eigenvalue weighted by Gasteiger charge is -2.19. The van der Waals surface area contributed by atoms with Crippen LogP contribution in [0.5, 0.6) is 0 Å². The van der Waals surface area contributed by atoms with Crippen molar-refractivity contribution in [1.82, 2.24) is 15.2 Å². The van der Waals surface area contributed by atoms with Crippen molar-refractivity contribution in [2.45, 2.75) is 45.4 Å². The molecule has 3 aromatic rings. The molecular formula is C25H27ClN4O. The summed E-state index contributed by atoms with van der Waals surface area (Å²) in [6.45, 7) is 8.47. The van der Waals surface area contributed by atoms with E-state index in [9.17, 15) is 4.79 Å². The lowest BCUT2D eigenvalue weighted by Crippen LogP contribution is -2.20. The Morgan fingerprint density at radius 2 is 1.84 bits per heavy atom. The van der Waals surface area contributed by atoms with E-state index in [4.69, 9.17) is 11.6 Å². The fraction of sp³-hybridized carbons (Fsp3) is 0.320. The van der Waals surface area contributed by atoms with Gasteiger partial charge in [-0.3, -0.25) is 4.79 Å². The number of hydrogen-bond donors (Lipinski definition) is 1. The highest BCUT2D eigenvalue weighted by Gasteiger charge is 2.44. The second-order valence-corrected chi connectivity index (χ2v) is 9.45. The summed E-state index contributed by atoms with van der Waals surface area (Å²) in [6.07, 6.45) is 2.42. The van der Waals surface area contributed by atoms with Crippen LogP contribution in [0.1, 0.15) is 55.5 Å². The number of benzene rings is 2. The van der Waals surface area contributed by atoms with Crippen LogP contribution in [-0.2, 0) is 10.2 Å². The number of halogens is 1. The predicted octanol–water partition coefficient (Wildman–Crippen LogP) is 5.39. The molecule has 2 aromatic carbocycles. The van der Waals surface area contributed by atoms with Gasteiger partial charge in [0.1, 0.15) is 5.15 Å².